The number of rotatable bonds is 4. The third kappa shape index (κ3) is 4.79. The number of aromatic carboxylic acids is 1. The molecule has 0 unspecified atom stereocenters. The number of ether oxygens (including phenoxy) is 1. The maximum atomic E-state index is 12.5. The highest BCUT2D eigenvalue weighted by Crippen LogP contribution is 2.31. The van der Waals surface area contributed by atoms with Crippen LogP contribution in [-0.4, -0.2) is 59.1 Å². The summed E-state index contributed by atoms with van der Waals surface area (Å²) in [6.07, 6.45) is -0.445. The summed E-state index contributed by atoms with van der Waals surface area (Å²) in [5.74, 6) is -2.61. The predicted octanol–water partition coefficient (Wildman–Crippen LogP) is 2.31. The number of phenolic OH excluding ortho intramolecular Hbond substituents is 1. The summed E-state index contributed by atoms with van der Waals surface area (Å²) in [5, 5.41) is 19.1. The third-order valence-electron chi connectivity index (χ3n) is 3.89. The van der Waals surface area contributed by atoms with Gasteiger partial charge in [-0.15, -0.1) is 0 Å². The Labute approximate surface area is 153 Å². The average molecular weight is 414 g/mol. The van der Waals surface area contributed by atoms with Gasteiger partial charge in [0.2, 0.25) is 5.91 Å². The molecule has 25 heavy (non-hydrogen) atoms. The van der Waals surface area contributed by atoms with Crippen LogP contribution in [0.15, 0.2) is 16.6 Å². The third-order valence-corrected chi connectivity index (χ3v) is 4.50. The van der Waals surface area contributed by atoms with Crippen LogP contribution >= 0.6 is 15.9 Å². The molecular weight excluding hydrogens is 394 g/mol. The van der Waals surface area contributed by atoms with E-state index in [4.69, 9.17) is 9.84 Å². The van der Waals surface area contributed by atoms with Crippen LogP contribution < -0.4 is 0 Å². The number of carbonyl (C=O) groups is 3. The van der Waals surface area contributed by atoms with Crippen molar-refractivity contribution in [1.82, 2.24) is 4.90 Å². The van der Waals surface area contributed by atoms with Crippen molar-refractivity contribution in [2.24, 2.45) is 5.41 Å². The molecule has 8 heteroatoms. The number of nitrogens with zero attached hydrogens (tertiary/aromatic N) is 1. The van der Waals surface area contributed by atoms with Crippen molar-refractivity contribution in [1.29, 1.82) is 0 Å². The van der Waals surface area contributed by atoms with Gasteiger partial charge in [-0.1, -0.05) is 13.8 Å². The van der Waals surface area contributed by atoms with Crippen molar-refractivity contribution in [2.45, 2.75) is 20.3 Å². The number of carboxylic acids is 1. The van der Waals surface area contributed by atoms with E-state index in [1.54, 1.807) is 4.90 Å². The first-order chi connectivity index (χ1) is 11.6. The zero-order chi connectivity index (χ0) is 18.8. The number of ketones is 1. The number of amides is 1. The fraction of sp³-hybridized carbons (Fsp3) is 0.471. The normalized spacial score (nSPS) is 17.0. The van der Waals surface area contributed by atoms with E-state index in [0.717, 1.165) is 6.07 Å². The van der Waals surface area contributed by atoms with Gasteiger partial charge in [0.05, 0.1) is 35.2 Å². The Balaban J connectivity index is 2.19. The lowest BCUT2D eigenvalue weighted by Crippen LogP contribution is -2.39. The number of carbonyl (C=O) groups excluding carboxylic acids is 2. The van der Waals surface area contributed by atoms with Crippen LogP contribution in [0.25, 0.3) is 0 Å². The van der Waals surface area contributed by atoms with Gasteiger partial charge >= 0.3 is 5.97 Å². The molecule has 0 aliphatic carbocycles. The van der Waals surface area contributed by atoms with Crippen molar-refractivity contribution < 1.29 is 29.3 Å². The second kappa shape index (κ2) is 7.53. The SMILES string of the molecule is CC1(C)COCCN(C(=O)CC(=O)c2cc(C(=O)O)cc(Br)c2O)C1. The van der Waals surface area contributed by atoms with Gasteiger partial charge in [-0.25, -0.2) is 4.79 Å². The van der Waals surface area contributed by atoms with E-state index < -0.39 is 18.2 Å². The highest BCUT2D eigenvalue weighted by Gasteiger charge is 2.29. The van der Waals surface area contributed by atoms with Gasteiger partial charge in [0.25, 0.3) is 0 Å². The number of phenols is 1. The van der Waals surface area contributed by atoms with Crippen molar-refractivity contribution in [3.8, 4) is 5.75 Å². The molecule has 0 spiro atoms. The Morgan fingerprint density at radius 2 is 2.00 bits per heavy atom. The largest absolute Gasteiger partial charge is 0.506 e. The lowest BCUT2D eigenvalue weighted by Gasteiger charge is -2.28. The molecule has 0 bridgehead atoms. The number of hydrogen-bond acceptors (Lipinski definition) is 5. The van der Waals surface area contributed by atoms with Gasteiger partial charge in [0, 0.05) is 18.5 Å². The van der Waals surface area contributed by atoms with Crippen LogP contribution in [0, 0.1) is 5.41 Å². The van der Waals surface area contributed by atoms with E-state index in [2.05, 4.69) is 15.9 Å². The van der Waals surface area contributed by atoms with E-state index in [1.165, 1.54) is 6.07 Å². The Bertz CT molecular complexity index is 715. The summed E-state index contributed by atoms with van der Waals surface area (Å²) in [7, 11) is 0. The minimum absolute atomic E-state index is 0.0903. The zero-order valence-corrected chi connectivity index (χ0v) is 15.6. The first-order valence-electron chi connectivity index (χ1n) is 7.75. The van der Waals surface area contributed by atoms with Gasteiger partial charge < -0.3 is 19.8 Å². The maximum absolute atomic E-state index is 12.5. The number of Topliss-reactive ketones (excluding diaryl/α,β-unsaturated/α-hetero) is 1. The molecule has 0 atom stereocenters. The van der Waals surface area contributed by atoms with Gasteiger partial charge in [-0.3, -0.25) is 9.59 Å². The first-order valence-corrected chi connectivity index (χ1v) is 8.54. The Kier molecular flexibility index (Phi) is 5.84. The number of hydrogen-bond donors (Lipinski definition) is 2. The molecule has 2 rings (SSSR count). The Morgan fingerprint density at radius 1 is 1.32 bits per heavy atom. The highest BCUT2D eigenvalue weighted by atomic mass is 79.9. The number of benzene rings is 1. The fourth-order valence-corrected chi connectivity index (χ4v) is 3.12. The molecule has 1 amide bonds. The number of carboxylic acid groups (broad SMARTS) is 1. The van der Waals surface area contributed by atoms with Gasteiger partial charge in [0.1, 0.15) is 5.75 Å². The predicted molar refractivity (Wildman–Crippen MR) is 92.9 cm³/mol. The van der Waals surface area contributed by atoms with Crippen molar-refractivity contribution in [3.05, 3.63) is 27.7 Å². The molecule has 136 valence electrons. The lowest BCUT2D eigenvalue weighted by atomic mass is 9.94. The molecular formula is C17H20BrNO6. The quantitative estimate of drug-likeness (QED) is 0.579. The van der Waals surface area contributed by atoms with E-state index in [1.807, 2.05) is 13.8 Å². The standard InChI is InChI=1S/C17H20BrNO6/c1-17(2)8-19(3-4-25-9-17)14(21)7-13(20)11-5-10(16(23)24)6-12(18)15(11)22/h5-6,22H,3-4,7-9H2,1-2H3,(H,23,24). The molecule has 7 nitrogen and oxygen atoms in total. The molecule has 2 N–H and O–H groups in total. The molecule has 1 aromatic carbocycles. The smallest absolute Gasteiger partial charge is 0.335 e. The van der Waals surface area contributed by atoms with E-state index in [9.17, 15) is 19.5 Å². The Hall–Kier alpha value is -1.93. The van der Waals surface area contributed by atoms with Crippen LogP contribution in [0.2, 0.25) is 0 Å². The summed E-state index contributed by atoms with van der Waals surface area (Å²) < 4.78 is 5.56. The molecule has 1 aromatic rings. The monoisotopic (exact) mass is 413 g/mol. The summed E-state index contributed by atoms with van der Waals surface area (Å²) in [4.78, 5) is 37.6. The molecule has 0 radical (unpaired) electrons. The second-order valence-corrected chi connectivity index (χ2v) is 7.65. The zero-order valence-electron chi connectivity index (χ0n) is 14.0. The van der Waals surface area contributed by atoms with Crippen LogP contribution in [-0.2, 0) is 9.53 Å². The lowest BCUT2D eigenvalue weighted by molar-refractivity contribution is -0.131. The maximum Gasteiger partial charge on any atom is 0.335 e. The summed E-state index contributed by atoms with van der Waals surface area (Å²) in [6.45, 7) is 5.72. The van der Waals surface area contributed by atoms with Crippen LogP contribution in [0.1, 0.15) is 41.0 Å². The summed E-state index contributed by atoms with van der Waals surface area (Å²) >= 11 is 3.02. The second-order valence-electron chi connectivity index (χ2n) is 6.79. The molecule has 1 saturated heterocycles. The van der Waals surface area contributed by atoms with Gasteiger partial charge in [0.15, 0.2) is 5.78 Å². The van der Waals surface area contributed by atoms with Gasteiger partial charge in [-0.2, -0.15) is 0 Å². The van der Waals surface area contributed by atoms with Crippen molar-refractivity contribution in [2.75, 3.05) is 26.3 Å². The molecule has 1 aliphatic rings. The molecule has 0 saturated carbocycles. The molecule has 0 aromatic heterocycles. The fourth-order valence-electron chi connectivity index (χ4n) is 2.66. The van der Waals surface area contributed by atoms with Crippen molar-refractivity contribution >= 4 is 33.6 Å². The van der Waals surface area contributed by atoms with E-state index in [0.29, 0.717) is 26.3 Å². The molecule has 1 heterocycles. The van der Waals surface area contributed by atoms with E-state index >= 15 is 0 Å². The summed E-state index contributed by atoms with van der Waals surface area (Å²) in [5.41, 5.74) is -0.556. The van der Waals surface area contributed by atoms with Crippen molar-refractivity contribution in [3.63, 3.8) is 0 Å². The van der Waals surface area contributed by atoms with Crippen LogP contribution in [0.4, 0.5) is 0 Å². The highest BCUT2D eigenvalue weighted by molar-refractivity contribution is 9.10. The number of halogens is 1. The van der Waals surface area contributed by atoms with Crippen LogP contribution in [0.5, 0.6) is 5.75 Å². The van der Waals surface area contributed by atoms with Crippen LogP contribution in [0.3, 0.4) is 0 Å². The average Bonchev–Trinajstić information content (AvgIpc) is 2.70. The molecule has 1 fully saturated rings. The molecule has 1 aliphatic heterocycles. The van der Waals surface area contributed by atoms with E-state index in [-0.39, 0.29) is 32.7 Å². The Morgan fingerprint density at radius 3 is 2.64 bits per heavy atom. The summed E-state index contributed by atoms with van der Waals surface area (Å²) in [6, 6.07) is 2.28. The minimum Gasteiger partial charge on any atom is -0.506 e. The first kappa shape index (κ1) is 19.4. The van der Waals surface area contributed by atoms with Gasteiger partial charge in [-0.05, 0) is 28.1 Å². The number of aromatic hydroxyl groups is 1. The topological polar surface area (TPSA) is 104 Å². The minimum atomic E-state index is -1.23.